The number of fused-ring (bicyclic) bond motifs is 12. The molecule has 2 aliphatic heterocycles. The summed E-state index contributed by atoms with van der Waals surface area (Å²) in [6, 6.07) is 61.2. The quantitative estimate of drug-likeness (QED) is 0.164. The number of hydrogen-bond donors (Lipinski definition) is 0. The van der Waals surface area contributed by atoms with Crippen LogP contribution in [0.2, 0.25) is 0 Å². The maximum atomic E-state index is 7.94. The van der Waals surface area contributed by atoms with Crippen molar-refractivity contribution in [3.8, 4) is 44.5 Å². The minimum atomic E-state index is -0.306. The molecule has 3 heterocycles. The molecule has 0 radical (unpaired) electrons. The van der Waals surface area contributed by atoms with Gasteiger partial charge < -0.3 is 14.1 Å². The van der Waals surface area contributed by atoms with Crippen molar-refractivity contribution in [2.75, 3.05) is 9.71 Å². The number of furan rings is 1. The summed E-state index contributed by atoms with van der Waals surface area (Å²) < 4.78 is 7.94. The maximum absolute atomic E-state index is 7.94. The molecule has 0 saturated heterocycles. The highest BCUT2D eigenvalue weighted by atomic mass is 16.3. The summed E-state index contributed by atoms with van der Waals surface area (Å²) >= 11 is 0. The smallest absolute Gasteiger partial charge is 0.375 e. The first-order valence-electron chi connectivity index (χ1n) is 28.6. The van der Waals surface area contributed by atoms with Gasteiger partial charge in [-0.15, -0.1) is 0 Å². The lowest BCUT2D eigenvalue weighted by atomic mass is 9.45. The first-order valence-corrected chi connectivity index (χ1v) is 28.6. The highest BCUT2D eigenvalue weighted by molar-refractivity contribution is 6.93. The van der Waals surface area contributed by atoms with Crippen LogP contribution in [0.4, 0.5) is 28.4 Å². The van der Waals surface area contributed by atoms with E-state index in [0.29, 0.717) is 0 Å². The number of hydrogen-bond acceptors (Lipinski definition) is 3. The summed E-state index contributed by atoms with van der Waals surface area (Å²) in [5, 5.41) is 1.18. The second-order valence-corrected chi connectivity index (χ2v) is 27.8. The number of benzene rings is 8. The van der Waals surface area contributed by atoms with Gasteiger partial charge in [-0.05, 0) is 185 Å². The van der Waals surface area contributed by atoms with Crippen LogP contribution in [0, 0.1) is 0 Å². The minimum Gasteiger partial charge on any atom is -0.466 e. The van der Waals surface area contributed by atoms with Gasteiger partial charge in [-0.1, -0.05) is 193 Å². The molecule has 1 aromatic heterocycles. The van der Waals surface area contributed by atoms with Crippen molar-refractivity contribution in [2.24, 2.45) is 0 Å². The van der Waals surface area contributed by atoms with Crippen LogP contribution in [0.5, 0.6) is 0 Å². The summed E-state index contributed by atoms with van der Waals surface area (Å²) in [7, 11) is 0. The van der Waals surface area contributed by atoms with E-state index in [1.807, 2.05) is 0 Å². The molecule has 0 unspecified atom stereocenters. The third kappa shape index (κ3) is 6.95. The second kappa shape index (κ2) is 16.0. The lowest BCUT2D eigenvalue weighted by Gasteiger charge is -2.46. The first-order chi connectivity index (χ1) is 36.5. The second-order valence-electron chi connectivity index (χ2n) is 27.8. The van der Waals surface area contributed by atoms with Crippen molar-refractivity contribution in [3.63, 3.8) is 0 Å². The van der Waals surface area contributed by atoms with Gasteiger partial charge in [-0.3, -0.25) is 0 Å². The zero-order chi connectivity index (χ0) is 53.5. The van der Waals surface area contributed by atoms with Crippen molar-refractivity contribution in [3.05, 3.63) is 197 Å². The molecule has 3 nitrogen and oxygen atoms in total. The minimum absolute atomic E-state index is 0.00118. The first kappa shape index (κ1) is 48.3. The zero-order valence-electron chi connectivity index (χ0n) is 47.7. The fourth-order valence-corrected chi connectivity index (χ4v) is 14.9. The van der Waals surface area contributed by atoms with E-state index in [1.165, 1.54) is 118 Å². The molecule has 77 heavy (non-hydrogen) atoms. The van der Waals surface area contributed by atoms with Crippen molar-refractivity contribution in [1.29, 1.82) is 0 Å². The molecule has 4 heteroatoms. The number of rotatable bonds is 4. The van der Waals surface area contributed by atoms with Crippen LogP contribution >= 0.6 is 0 Å². The molecule has 3 aliphatic carbocycles. The topological polar surface area (TPSA) is 19.6 Å². The summed E-state index contributed by atoms with van der Waals surface area (Å²) in [6.07, 6.45) is 4.57. The van der Waals surface area contributed by atoms with Gasteiger partial charge in [0.15, 0.2) is 0 Å². The van der Waals surface area contributed by atoms with Gasteiger partial charge >= 0.3 is 6.85 Å². The Kier molecular flexibility index (Phi) is 10.1. The third-order valence-electron chi connectivity index (χ3n) is 19.7. The molecule has 0 bridgehead atoms. The molecule has 14 rings (SSSR count). The van der Waals surface area contributed by atoms with Gasteiger partial charge in [0.1, 0.15) is 11.2 Å². The Labute approximate surface area is 458 Å². The summed E-state index contributed by atoms with van der Waals surface area (Å²) in [5.41, 5.74) is 28.8. The van der Waals surface area contributed by atoms with E-state index in [4.69, 9.17) is 4.42 Å². The van der Waals surface area contributed by atoms with Gasteiger partial charge in [0.05, 0.1) is 11.4 Å². The van der Waals surface area contributed by atoms with E-state index >= 15 is 0 Å². The van der Waals surface area contributed by atoms with E-state index in [2.05, 4.69) is 257 Å². The third-order valence-corrected chi connectivity index (χ3v) is 19.7. The Bertz CT molecular complexity index is 3950. The van der Waals surface area contributed by atoms with Gasteiger partial charge in [0.2, 0.25) is 0 Å². The Balaban J connectivity index is 1.18. The molecular formula is C73H73BN2O. The molecule has 0 fully saturated rings. The highest BCUT2D eigenvalue weighted by Gasteiger charge is 2.53. The fourth-order valence-electron chi connectivity index (χ4n) is 14.9. The average molecular weight is 1010 g/mol. The van der Waals surface area contributed by atoms with Crippen molar-refractivity contribution < 1.29 is 4.42 Å². The van der Waals surface area contributed by atoms with Crippen molar-refractivity contribution in [1.82, 2.24) is 0 Å². The van der Waals surface area contributed by atoms with Crippen LogP contribution in [0.3, 0.4) is 0 Å². The van der Waals surface area contributed by atoms with E-state index in [9.17, 15) is 0 Å². The molecule has 5 aliphatic rings. The molecule has 0 saturated carbocycles. The van der Waals surface area contributed by atoms with Crippen LogP contribution < -0.4 is 20.8 Å². The Morgan fingerprint density at radius 1 is 0.442 bits per heavy atom. The number of anilines is 5. The summed E-state index contributed by atoms with van der Waals surface area (Å²) in [4.78, 5) is 5.39. The van der Waals surface area contributed by atoms with E-state index in [0.717, 1.165) is 41.9 Å². The van der Waals surface area contributed by atoms with Crippen molar-refractivity contribution in [2.45, 2.75) is 148 Å². The van der Waals surface area contributed by atoms with Crippen LogP contribution in [-0.2, 0) is 32.5 Å². The molecular weight excluding hydrogens is 932 g/mol. The normalized spacial score (nSPS) is 18.4. The maximum Gasteiger partial charge on any atom is 0.375 e. The zero-order valence-corrected chi connectivity index (χ0v) is 47.7. The van der Waals surface area contributed by atoms with E-state index in [1.54, 1.807) is 0 Å². The number of nitrogens with zero attached hydrogens (tertiary/aromatic N) is 2. The van der Waals surface area contributed by atoms with Gasteiger partial charge in [-0.25, -0.2) is 0 Å². The highest BCUT2D eigenvalue weighted by Crippen LogP contribution is 2.60. The van der Waals surface area contributed by atoms with Crippen LogP contribution in [-0.4, -0.2) is 6.85 Å². The van der Waals surface area contributed by atoms with E-state index < -0.39 is 0 Å². The van der Waals surface area contributed by atoms with Crippen LogP contribution in [0.25, 0.3) is 55.5 Å². The molecule has 0 N–H and O–H groups in total. The predicted octanol–water partition coefficient (Wildman–Crippen LogP) is 18.8. The molecule has 9 aromatic rings. The summed E-state index contributed by atoms with van der Waals surface area (Å²) in [5.74, 6) is 0. The monoisotopic (exact) mass is 1000 g/mol. The van der Waals surface area contributed by atoms with Crippen molar-refractivity contribution >= 4 is 57.4 Å². The van der Waals surface area contributed by atoms with Gasteiger partial charge in [0.25, 0.3) is 0 Å². The molecule has 0 amide bonds. The van der Waals surface area contributed by atoms with Gasteiger partial charge in [0, 0.05) is 39.0 Å². The lowest BCUT2D eigenvalue weighted by Crippen LogP contribution is -2.61. The predicted molar refractivity (Wildman–Crippen MR) is 328 cm³/mol. The molecule has 384 valence electrons. The van der Waals surface area contributed by atoms with Gasteiger partial charge in [-0.2, -0.15) is 0 Å². The van der Waals surface area contributed by atoms with Crippen LogP contribution in [0.1, 0.15) is 155 Å². The molecule has 0 spiro atoms. The van der Waals surface area contributed by atoms with Crippen LogP contribution in [0.15, 0.2) is 162 Å². The SMILES string of the molecule is CC(C)(C)c1ccc(N2c3cc4c(c5c3B(c3oc6cc7c(cc6c32)C(C)(C)CCC7(C)C)N(c2ccc3c(c2)C(C)(C)CCC3(C)C)c2ccc(-c3ccccc3)cc2-5)-c2ccccc2C4(C)C)c(-c2ccccc2)c1. The average Bonchev–Trinajstić information content (AvgIpc) is 4.01. The Hall–Kier alpha value is -7.04. The fraction of sp³-hybridized carbons (Fsp3) is 0.315. The largest absolute Gasteiger partial charge is 0.466 e. The standard InChI is InChI=1S/C73H73BN2O/c1-68(2,3)47-29-33-59(50(39-47)45-24-18-15-19-25-45)75-61-42-58-63(49-26-20-21-27-53(49)73(58,12)13)64-51-38-46(44-22-16-14-17-23-44)28-32-60(51)76(48-30-31-54-55(40-48)70(6,7)35-34-69(54,4)5)74(65(61)64)67-66(75)52-41-56-57(43-62(52)77-67)72(10,11)37-36-71(56,8)9/h14-33,38-43H,34-37H2,1-13H3. The Morgan fingerprint density at radius 3 is 1.71 bits per heavy atom. The molecule has 0 atom stereocenters. The summed E-state index contributed by atoms with van der Waals surface area (Å²) in [6.45, 7) is 31.2. The Morgan fingerprint density at radius 2 is 1.04 bits per heavy atom. The van der Waals surface area contributed by atoms with E-state index in [-0.39, 0.29) is 39.3 Å². The lowest BCUT2D eigenvalue weighted by molar-refractivity contribution is 0.332. The molecule has 8 aromatic carbocycles.